The number of carbonyl (C=O) groups excluding carboxylic acids is 1. The number of amides is 1. The predicted octanol–water partition coefficient (Wildman–Crippen LogP) is 2.87. The molecule has 2 aliphatic rings. The summed E-state index contributed by atoms with van der Waals surface area (Å²) in [7, 11) is 3.28. The molecule has 1 amide bonds. The second kappa shape index (κ2) is 9.46. The van der Waals surface area contributed by atoms with E-state index in [1.165, 1.54) is 12.0 Å². The molecule has 2 aliphatic heterocycles. The molecule has 3 heterocycles. The third kappa shape index (κ3) is 4.65. The van der Waals surface area contributed by atoms with Crippen LogP contribution in [0.5, 0.6) is 11.5 Å². The number of aromatic nitrogens is 1. The minimum atomic E-state index is 0. The highest BCUT2D eigenvalue weighted by molar-refractivity contribution is 5.94. The normalized spacial score (nSPS) is 18.0. The maximum absolute atomic E-state index is 13.1. The van der Waals surface area contributed by atoms with Gasteiger partial charge in [0.15, 0.2) is 11.5 Å². The molecule has 7 heteroatoms. The maximum Gasteiger partial charge on any atom is 0.255 e. The van der Waals surface area contributed by atoms with Gasteiger partial charge in [-0.2, -0.15) is 0 Å². The Morgan fingerprint density at radius 2 is 1.93 bits per heavy atom. The highest BCUT2D eigenvalue weighted by atomic mass is 35.5. The molecule has 1 fully saturated rings. The SMILES string of the molecule is COc1cc2c(cc1OC)CN(C(=O)c1cncc(CC3CCNC3)c1)CC2.Cl. The number of ether oxygens (including phenoxy) is 2. The van der Waals surface area contributed by atoms with Crippen molar-refractivity contribution < 1.29 is 14.3 Å². The first kappa shape index (κ1) is 21.4. The molecule has 29 heavy (non-hydrogen) atoms. The summed E-state index contributed by atoms with van der Waals surface area (Å²) in [6, 6.07) is 6.01. The monoisotopic (exact) mass is 417 g/mol. The van der Waals surface area contributed by atoms with Gasteiger partial charge < -0.3 is 19.7 Å². The van der Waals surface area contributed by atoms with Gasteiger partial charge >= 0.3 is 0 Å². The van der Waals surface area contributed by atoms with Crippen LogP contribution < -0.4 is 14.8 Å². The Morgan fingerprint density at radius 1 is 1.17 bits per heavy atom. The number of methoxy groups -OCH3 is 2. The van der Waals surface area contributed by atoms with Crippen LogP contribution in [0.2, 0.25) is 0 Å². The topological polar surface area (TPSA) is 63.7 Å². The van der Waals surface area contributed by atoms with Crippen molar-refractivity contribution >= 4 is 18.3 Å². The van der Waals surface area contributed by atoms with Gasteiger partial charge in [-0.05, 0) is 73.2 Å². The van der Waals surface area contributed by atoms with Gasteiger partial charge in [-0.15, -0.1) is 12.4 Å². The number of nitrogens with zero attached hydrogens (tertiary/aromatic N) is 2. The Hall–Kier alpha value is -2.31. The summed E-state index contributed by atoms with van der Waals surface area (Å²) < 4.78 is 10.8. The molecule has 0 spiro atoms. The lowest BCUT2D eigenvalue weighted by Crippen LogP contribution is -2.36. The number of pyridine rings is 1. The van der Waals surface area contributed by atoms with E-state index >= 15 is 0 Å². The van der Waals surface area contributed by atoms with Crippen LogP contribution in [0.4, 0.5) is 0 Å². The van der Waals surface area contributed by atoms with Crippen LogP contribution in [0.25, 0.3) is 0 Å². The largest absolute Gasteiger partial charge is 0.493 e. The summed E-state index contributed by atoms with van der Waals surface area (Å²) in [5, 5.41) is 3.39. The lowest BCUT2D eigenvalue weighted by atomic mass is 9.97. The lowest BCUT2D eigenvalue weighted by molar-refractivity contribution is 0.0734. The van der Waals surface area contributed by atoms with Crippen LogP contribution in [0.3, 0.4) is 0 Å². The molecule has 0 aliphatic carbocycles. The summed E-state index contributed by atoms with van der Waals surface area (Å²) >= 11 is 0. The number of nitrogens with one attached hydrogen (secondary N) is 1. The molecule has 156 valence electrons. The van der Waals surface area contributed by atoms with Crippen LogP contribution in [0, 0.1) is 5.92 Å². The van der Waals surface area contributed by atoms with E-state index in [4.69, 9.17) is 9.47 Å². The van der Waals surface area contributed by atoms with Crippen molar-refractivity contribution in [3.05, 3.63) is 52.8 Å². The third-order valence-corrected chi connectivity index (χ3v) is 5.73. The fraction of sp³-hybridized carbons (Fsp3) is 0.455. The van der Waals surface area contributed by atoms with Gasteiger partial charge in [0, 0.05) is 25.5 Å². The van der Waals surface area contributed by atoms with E-state index in [1.54, 1.807) is 20.4 Å². The molecule has 1 atom stereocenters. The molecule has 4 rings (SSSR count). The van der Waals surface area contributed by atoms with E-state index in [-0.39, 0.29) is 18.3 Å². The van der Waals surface area contributed by atoms with Crippen molar-refractivity contribution in [2.24, 2.45) is 5.92 Å². The molecule has 6 nitrogen and oxygen atoms in total. The molecule has 0 radical (unpaired) electrons. The Bertz CT molecular complexity index is 868. The van der Waals surface area contributed by atoms with Gasteiger partial charge in [-0.1, -0.05) is 0 Å². The molecule has 0 bridgehead atoms. The number of carbonyl (C=O) groups is 1. The van der Waals surface area contributed by atoms with E-state index < -0.39 is 0 Å². The zero-order chi connectivity index (χ0) is 19.5. The molecule has 2 aromatic rings. The zero-order valence-corrected chi connectivity index (χ0v) is 17.8. The fourth-order valence-corrected chi connectivity index (χ4v) is 4.18. The number of hydrogen-bond acceptors (Lipinski definition) is 5. The average Bonchev–Trinajstić information content (AvgIpc) is 3.25. The highest BCUT2D eigenvalue weighted by Gasteiger charge is 2.24. The molecule has 1 saturated heterocycles. The second-order valence-electron chi connectivity index (χ2n) is 7.60. The molecule has 1 aromatic heterocycles. The Kier molecular flexibility index (Phi) is 6.98. The summed E-state index contributed by atoms with van der Waals surface area (Å²) in [6.45, 7) is 3.40. The smallest absolute Gasteiger partial charge is 0.255 e. The Morgan fingerprint density at radius 3 is 2.62 bits per heavy atom. The molecule has 1 N–H and O–H groups in total. The minimum Gasteiger partial charge on any atom is -0.493 e. The van der Waals surface area contributed by atoms with E-state index in [0.717, 1.165) is 42.8 Å². The summed E-state index contributed by atoms with van der Waals surface area (Å²) in [6.07, 6.45) is 6.54. The van der Waals surface area contributed by atoms with Gasteiger partial charge in [0.1, 0.15) is 0 Å². The van der Waals surface area contributed by atoms with Crippen LogP contribution in [0.1, 0.15) is 33.5 Å². The van der Waals surface area contributed by atoms with Gasteiger partial charge in [-0.25, -0.2) is 0 Å². The zero-order valence-electron chi connectivity index (χ0n) is 16.9. The standard InChI is InChI=1S/C22H27N3O3.ClH/c1-27-20-9-17-4-6-25(14-19(17)10-21(20)28-2)22(26)18-8-16(12-24-13-18)7-15-3-5-23-11-15;/h8-10,12-13,15,23H,3-7,11,14H2,1-2H3;1H. The average molecular weight is 418 g/mol. The molecular formula is C22H28ClN3O3. The fourth-order valence-electron chi connectivity index (χ4n) is 4.18. The summed E-state index contributed by atoms with van der Waals surface area (Å²) in [5.41, 5.74) is 4.14. The quantitative estimate of drug-likeness (QED) is 0.810. The van der Waals surface area contributed by atoms with Crippen LogP contribution in [-0.2, 0) is 19.4 Å². The van der Waals surface area contributed by atoms with Crippen molar-refractivity contribution in [2.75, 3.05) is 33.9 Å². The van der Waals surface area contributed by atoms with Crippen molar-refractivity contribution in [1.82, 2.24) is 15.2 Å². The number of halogens is 1. The van der Waals surface area contributed by atoms with Crippen molar-refractivity contribution in [2.45, 2.75) is 25.8 Å². The van der Waals surface area contributed by atoms with Crippen LogP contribution in [0.15, 0.2) is 30.6 Å². The van der Waals surface area contributed by atoms with E-state index in [1.807, 2.05) is 29.3 Å². The first-order valence-electron chi connectivity index (χ1n) is 9.85. The van der Waals surface area contributed by atoms with E-state index in [0.29, 0.717) is 30.3 Å². The van der Waals surface area contributed by atoms with Crippen molar-refractivity contribution in [3.63, 3.8) is 0 Å². The Balaban J connectivity index is 0.00000240. The van der Waals surface area contributed by atoms with Gasteiger partial charge in [0.2, 0.25) is 0 Å². The highest BCUT2D eigenvalue weighted by Crippen LogP contribution is 2.33. The van der Waals surface area contributed by atoms with E-state index in [9.17, 15) is 4.79 Å². The summed E-state index contributed by atoms with van der Waals surface area (Å²) in [5.74, 6) is 2.11. The van der Waals surface area contributed by atoms with Gasteiger partial charge in [0.25, 0.3) is 5.91 Å². The van der Waals surface area contributed by atoms with Crippen LogP contribution >= 0.6 is 12.4 Å². The van der Waals surface area contributed by atoms with E-state index in [2.05, 4.69) is 10.3 Å². The number of fused-ring (bicyclic) bond motifs is 1. The predicted molar refractivity (Wildman–Crippen MR) is 114 cm³/mol. The minimum absolute atomic E-state index is 0. The number of rotatable bonds is 5. The second-order valence-corrected chi connectivity index (χ2v) is 7.60. The van der Waals surface area contributed by atoms with Gasteiger partial charge in [0.05, 0.1) is 19.8 Å². The van der Waals surface area contributed by atoms with Gasteiger partial charge in [-0.3, -0.25) is 9.78 Å². The van der Waals surface area contributed by atoms with Crippen molar-refractivity contribution in [1.29, 1.82) is 0 Å². The summed E-state index contributed by atoms with van der Waals surface area (Å²) in [4.78, 5) is 19.3. The molecule has 1 unspecified atom stereocenters. The van der Waals surface area contributed by atoms with Crippen LogP contribution in [-0.4, -0.2) is 49.6 Å². The lowest BCUT2D eigenvalue weighted by Gasteiger charge is -2.29. The molecule has 1 aromatic carbocycles. The number of hydrogen-bond donors (Lipinski definition) is 1. The Labute approximate surface area is 178 Å². The molecular weight excluding hydrogens is 390 g/mol. The molecule has 0 saturated carbocycles. The third-order valence-electron chi connectivity index (χ3n) is 5.73. The first-order valence-corrected chi connectivity index (χ1v) is 9.85. The van der Waals surface area contributed by atoms with Crippen molar-refractivity contribution in [3.8, 4) is 11.5 Å². The number of benzene rings is 1. The maximum atomic E-state index is 13.1. The first-order chi connectivity index (χ1) is 13.7.